The van der Waals surface area contributed by atoms with Gasteiger partial charge < -0.3 is 10.4 Å². The third-order valence-electron chi connectivity index (χ3n) is 3.74. The maximum absolute atomic E-state index is 12.0. The normalized spacial score (nSPS) is 16.0. The number of rotatable bonds is 8. The van der Waals surface area contributed by atoms with Gasteiger partial charge in [0.1, 0.15) is 5.41 Å². The van der Waals surface area contributed by atoms with E-state index in [4.69, 9.17) is 5.11 Å². The molecule has 6 nitrogen and oxygen atoms in total. The first-order valence-corrected chi connectivity index (χ1v) is 8.94. The van der Waals surface area contributed by atoms with Gasteiger partial charge in [0, 0.05) is 6.54 Å². The molecule has 0 aromatic heterocycles. The van der Waals surface area contributed by atoms with Crippen LogP contribution in [-0.2, 0) is 25.2 Å². The quantitative estimate of drug-likeness (QED) is 0.548. The van der Waals surface area contributed by atoms with Gasteiger partial charge in [-0.2, -0.15) is 0 Å². The number of hydrogen-bond donors (Lipinski definition) is 2. The van der Waals surface area contributed by atoms with Crippen LogP contribution >= 0.6 is 0 Å². The molecule has 0 saturated heterocycles. The summed E-state index contributed by atoms with van der Waals surface area (Å²) < 4.78 is 23.9. The van der Waals surface area contributed by atoms with Gasteiger partial charge in [-0.25, -0.2) is 8.42 Å². The van der Waals surface area contributed by atoms with Gasteiger partial charge in [0.15, 0.2) is 9.84 Å². The zero-order valence-electron chi connectivity index (χ0n) is 12.1. The molecule has 0 heterocycles. The molecule has 0 radical (unpaired) electrons. The summed E-state index contributed by atoms with van der Waals surface area (Å²) in [6, 6.07) is 8.89. The molecule has 1 aromatic carbocycles. The minimum Gasteiger partial charge on any atom is -0.480 e. The van der Waals surface area contributed by atoms with E-state index in [-0.39, 0.29) is 24.5 Å². The summed E-state index contributed by atoms with van der Waals surface area (Å²) >= 11 is 0. The maximum Gasteiger partial charge on any atom is 0.319 e. The average molecular weight is 325 g/mol. The third kappa shape index (κ3) is 4.07. The Balaban J connectivity index is 1.74. The zero-order valence-corrected chi connectivity index (χ0v) is 12.9. The molecule has 7 heteroatoms. The monoisotopic (exact) mass is 325 g/mol. The Bertz CT molecular complexity index is 650. The first kappa shape index (κ1) is 16.5. The molecule has 1 aliphatic carbocycles. The highest BCUT2D eigenvalue weighted by molar-refractivity contribution is 7.90. The summed E-state index contributed by atoms with van der Waals surface area (Å²) in [5, 5.41) is 11.5. The second kappa shape index (κ2) is 6.48. The fraction of sp³-hybridized carbons (Fsp3) is 0.467. The highest BCUT2D eigenvalue weighted by atomic mass is 32.2. The van der Waals surface area contributed by atoms with Gasteiger partial charge in [0.05, 0.1) is 11.5 Å². The molecule has 0 unspecified atom stereocenters. The summed E-state index contributed by atoms with van der Waals surface area (Å²) in [7, 11) is -3.24. The van der Waals surface area contributed by atoms with Crippen molar-refractivity contribution >= 4 is 21.7 Å². The molecule has 22 heavy (non-hydrogen) atoms. The van der Waals surface area contributed by atoms with Crippen LogP contribution in [0.5, 0.6) is 0 Å². The Hall–Kier alpha value is -1.89. The smallest absolute Gasteiger partial charge is 0.319 e. The van der Waals surface area contributed by atoms with Gasteiger partial charge in [-0.1, -0.05) is 30.3 Å². The molecule has 1 aliphatic rings. The molecule has 120 valence electrons. The van der Waals surface area contributed by atoms with Crippen molar-refractivity contribution in [2.75, 3.05) is 12.3 Å². The van der Waals surface area contributed by atoms with Gasteiger partial charge in [-0.3, -0.25) is 9.59 Å². The van der Waals surface area contributed by atoms with Crippen LogP contribution in [0.15, 0.2) is 30.3 Å². The SMILES string of the molecule is O=C(O)C1(C(=O)NCCCS(=O)(=O)Cc2ccccc2)CC1. The first-order valence-electron chi connectivity index (χ1n) is 7.12. The summed E-state index contributed by atoms with van der Waals surface area (Å²) in [6.45, 7) is 0.169. The van der Waals surface area contributed by atoms with Gasteiger partial charge in [0.25, 0.3) is 0 Å². The van der Waals surface area contributed by atoms with Crippen LogP contribution in [0.4, 0.5) is 0 Å². The van der Waals surface area contributed by atoms with E-state index >= 15 is 0 Å². The van der Waals surface area contributed by atoms with E-state index in [9.17, 15) is 18.0 Å². The molecule has 2 rings (SSSR count). The first-order chi connectivity index (χ1) is 10.4. The van der Waals surface area contributed by atoms with E-state index in [1.807, 2.05) is 6.07 Å². The standard InChI is InChI=1S/C15H19NO5S/c17-13(15(7-8-15)14(18)19)16-9-4-10-22(20,21)11-12-5-2-1-3-6-12/h1-3,5-6H,4,7-11H2,(H,16,17)(H,18,19). The minimum absolute atomic E-state index is 0.0269. The third-order valence-corrected chi connectivity index (χ3v) is 5.42. The van der Waals surface area contributed by atoms with Crippen molar-refractivity contribution in [3.8, 4) is 0 Å². The van der Waals surface area contributed by atoms with Crippen LogP contribution < -0.4 is 5.32 Å². The number of aliphatic carboxylic acids is 1. The van der Waals surface area contributed by atoms with Crippen molar-refractivity contribution in [1.82, 2.24) is 5.32 Å². The molecule has 0 bridgehead atoms. The second-order valence-electron chi connectivity index (χ2n) is 5.57. The number of carboxylic acids is 1. The lowest BCUT2D eigenvalue weighted by Crippen LogP contribution is -2.37. The van der Waals surface area contributed by atoms with Crippen LogP contribution in [0.25, 0.3) is 0 Å². The number of nitrogens with one attached hydrogen (secondary N) is 1. The Kier molecular flexibility index (Phi) is 4.85. The molecule has 0 aliphatic heterocycles. The van der Waals surface area contributed by atoms with Gasteiger partial charge in [-0.05, 0) is 24.8 Å². The van der Waals surface area contributed by atoms with Crippen molar-refractivity contribution in [2.24, 2.45) is 5.41 Å². The number of benzene rings is 1. The lowest BCUT2D eigenvalue weighted by Gasteiger charge is -2.10. The zero-order chi connectivity index (χ0) is 16.2. The van der Waals surface area contributed by atoms with Crippen LogP contribution in [0.2, 0.25) is 0 Å². The van der Waals surface area contributed by atoms with E-state index in [2.05, 4.69) is 5.32 Å². The van der Waals surface area contributed by atoms with Crippen molar-refractivity contribution in [3.05, 3.63) is 35.9 Å². The fourth-order valence-corrected chi connectivity index (χ4v) is 3.66. The lowest BCUT2D eigenvalue weighted by molar-refractivity contribution is -0.149. The predicted octanol–water partition coefficient (Wildman–Crippen LogP) is 0.973. The topological polar surface area (TPSA) is 101 Å². The molecule has 0 atom stereocenters. The van der Waals surface area contributed by atoms with Crippen molar-refractivity contribution < 1.29 is 23.1 Å². The van der Waals surface area contributed by atoms with Gasteiger partial charge in [-0.15, -0.1) is 0 Å². The second-order valence-corrected chi connectivity index (χ2v) is 7.76. The van der Waals surface area contributed by atoms with Crippen LogP contribution in [0.3, 0.4) is 0 Å². The van der Waals surface area contributed by atoms with E-state index in [0.29, 0.717) is 12.8 Å². The molecule has 1 aromatic rings. The van der Waals surface area contributed by atoms with E-state index in [0.717, 1.165) is 5.56 Å². The molecule has 1 saturated carbocycles. The van der Waals surface area contributed by atoms with Crippen molar-refractivity contribution in [2.45, 2.75) is 25.0 Å². The van der Waals surface area contributed by atoms with Crippen molar-refractivity contribution in [3.63, 3.8) is 0 Å². The number of amides is 1. The van der Waals surface area contributed by atoms with E-state index < -0.39 is 27.1 Å². The highest BCUT2D eigenvalue weighted by Crippen LogP contribution is 2.45. The average Bonchev–Trinajstić information content (AvgIpc) is 3.25. The highest BCUT2D eigenvalue weighted by Gasteiger charge is 2.56. The Morgan fingerprint density at radius 2 is 1.82 bits per heavy atom. The summed E-state index contributed by atoms with van der Waals surface area (Å²) in [6.07, 6.45) is 0.970. The number of hydrogen-bond acceptors (Lipinski definition) is 4. The fourth-order valence-electron chi connectivity index (χ4n) is 2.23. The van der Waals surface area contributed by atoms with Gasteiger partial charge >= 0.3 is 5.97 Å². The molecule has 0 spiro atoms. The maximum atomic E-state index is 12.0. The number of carbonyl (C=O) groups is 2. The number of sulfone groups is 1. The van der Waals surface area contributed by atoms with Gasteiger partial charge in [0.2, 0.25) is 5.91 Å². The van der Waals surface area contributed by atoms with Crippen LogP contribution in [0, 0.1) is 5.41 Å². The Morgan fingerprint density at radius 3 is 2.36 bits per heavy atom. The summed E-state index contributed by atoms with van der Waals surface area (Å²) in [5.74, 6) is -1.69. The van der Waals surface area contributed by atoms with Crippen molar-refractivity contribution in [1.29, 1.82) is 0 Å². The molecular weight excluding hydrogens is 306 g/mol. The minimum atomic E-state index is -3.24. The van der Waals surface area contributed by atoms with Crippen LogP contribution in [0.1, 0.15) is 24.8 Å². The summed E-state index contributed by atoms with van der Waals surface area (Å²) in [5.41, 5.74) is -0.544. The number of carboxylic acid groups (broad SMARTS) is 1. The molecule has 1 fully saturated rings. The van der Waals surface area contributed by atoms with E-state index in [1.165, 1.54) is 0 Å². The van der Waals surface area contributed by atoms with E-state index in [1.54, 1.807) is 24.3 Å². The molecule has 2 N–H and O–H groups in total. The predicted molar refractivity (Wildman–Crippen MR) is 80.9 cm³/mol. The van der Waals surface area contributed by atoms with Crippen LogP contribution in [-0.4, -0.2) is 37.7 Å². The Morgan fingerprint density at radius 1 is 1.18 bits per heavy atom. The lowest BCUT2D eigenvalue weighted by atomic mass is 10.1. The molecule has 1 amide bonds. The Labute approximate surface area is 129 Å². The largest absolute Gasteiger partial charge is 0.480 e. The molecular formula is C15H19NO5S. The number of carbonyl (C=O) groups excluding carboxylic acids is 1. The summed E-state index contributed by atoms with van der Waals surface area (Å²) in [4.78, 5) is 22.7.